The zero-order chi connectivity index (χ0) is 31.1. The Kier molecular flexibility index (Phi) is 7.64. The number of aromatic amines is 1. The second-order valence-electron chi connectivity index (χ2n) is 10.6. The van der Waals surface area contributed by atoms with E-state index in [-0.39, 0.29) is 29.2 Å². The van der Waals surface area contributed by atoms with Crippen molar-refractivity contribution in [1.82, 2.24) is 4.98 Å². The largest absolute Gasteiger partial charge is 0.490 e. The Balaban J connectivity index is 1.16. The summed E-state index contributed by atoms with van der Waals surface area (Å²) in [6.07, 6.45) is 0. The highest BCUT2D eigenvalue weighted by Crippen LogP contribution is 2.53. The van der Waals surface area contributed by atoms with Crippen LogP contribution in [0.1, 0.15) is 23.3 Å². The van der Waals surface area contributed by atoms with Crippen molar-refractivity contribution in [3.63, 3.8) is 0 Å². The maximum Gasteiger partial charge on any atom is 0.305 e. The molecule has 0 bridgehead atoms. The average molecular weight is 638 g/mol. The first kappa shape index (κ1) is 28.9. The zero-order valence-corrected chi connectivity index (χ0v) is 25.7. The Labute approximate surface area is 266 Å². The minimum Gasteiger partial charge on any atom is -0.490 e. The van der Waals surface area contributed by atoms with Crippen molar-refractivity contribution in [2.45, 2.75) is 23.1 Å². The number of carbonyl (C=O) groups is 3. The second kappa shape index (κ2) is 11.9. The maximum atomic E-state index is 13.9. The number of ether oxygens (including phenoxy) is 2. The summed E-state index contributed by atoms with van der Waals surface area (Å²) >= 11 is 2.27. The molecule has 11 heteroatoms. The summed E-state index contributed by atoms with van der Waals surface area (Å²) < 4.78 is 11.8. The molecule has 3 heterocycles. The van der Waals surface area contributed by atoms with Crippen molar-refractivity contribution >= 4 is 63.0 Å². The number of hydrogen-bond acceptors (Lipinski definition) is 8. The minimum absolute atomic E-state index is 0.250. The molecule has 0 aliphatic carbocycles. The smallest absolute Gasteiger partial charge is 0.305 e. The number of H-pyrrole nitrogens is 1. The number of carbonyl (C=O) groups excluding carboxylic acids is 3. The monoisotopic (exact) mass is 637 g/mol. The number of aromatic nitrogens is 1. The van der Waals surface area contributed by atoms with Crippen molar-refractivity contribution in [3.8, 4) is 11.5 Å². The zero-order valence-electron chi connectivity index (χ0n) is 24.0. The molecule has 226 valence electrons. The number of rotatable bonds is 8. The van der Waals surface area contributed by atoms with Crippen LogP contribution in [0.4, 0.5) is 11.4 Å². The number of anilines is 2. The van der Waals surface area contributed by atoms with Gasteiger partial charge in [0.15, 0.2) is 18.1 Å². The van der Waals surface area contributed by atoms with Crippen LogP contribution in [-0.2, 0) is 14.4 Å². The van der Waals surface area contributed by atoms with Crippen LogP contribution in [0.3, 0.4) is 0 Å². The maximum absolute atomic E-state index is 13.9. The molecule has 7 rings (SSSR count). The van der Waals surface area contributed by atoms with Crippen LogP contribution in [0.2, 0.25) is 0 Å². The molecule has 1 fully saturated rings. The Morgan fingerprint density at radius 3 is 2.44 bits per heavy atom. The van der Waals surface area contributed by atoms with Crippen molar-refractivity contribution in [1.29, 1.82) is 0 Å². The molecule has 3 atom stereocenters. The van der Waals surface area contributed by atoms with Gasteiger partial charge >= 0.3 is 4.87 Å². The Hall–Kier alpha value is -4.87. The lowest BCUT2D eigenvalue weighted by Gasteiger charge is -2.30. The van der Waals surface area contributed by atoms with Gasteiger partial charge in [0.05, 0.1) is 23.2 Å². The molecule has 0 saturated carbocycles. The standard InChI is InChI=1S/C34H27N3O6S2/c1-2-42-25-17-21(13-15-24(25)43-18-26(38)35-22-14-12-19-8-6-7-9-20(19)16-22)27-28-30(44-31-29(27)45-34(41)36-31)33(40)37(32(28)39)23-10-4-3-5-11-23/h3-17,27-28,30H,2,18H2,1H3,(H,35,38)(H,36,41). The van der Waals surface area contributed by atoms with E-state index in [0.29, 0.717) is 44.9 Å². The SMILES string of the molecule is CCOc1cc(C2c3sc(=O)[nH]c3SC3C(=O)N(c4ccccc4)C(=O)C32)ccc1OCC(=O)Nc1ccc2ccccc2c1. The molecule has 0 radical (unpaired) electrons. The van der Waals surface area contributed by atoms with Gasteiger partial charge in [-0.05, 0) is 59.7 Å². The van der Waals surface area contributed by atoms with Crippen molar-refractivity contribution in [2.75, 3.05) is 23.4 Å². The van der Waals surface area contributed by atoms with Gasteiger partial charge in [-0.15, -0.1) is 0 Å². The summed E-state index contributed by atoms with van der Waals surface area (Å²) in [5, 5.41) is 4.85. The summed E-state index contributed by atoms with van der Waals surface area (Å²) in [4.78, 5) is 57.4. The highest BCUT2D eigenvalue weighted by molar-refractivity contribution is 8.00. The third-order valence-corrected chi connectivity index (χ3v) is 10.3. The van der Waals surface area contributed by atoms with Gasteiger partial charge < -0.3 is 19.8 Å². The van der Waals surface area contributed by atoms with Crippen LogP contribution in [0.15, 0.2) is 101 Å². The second-order valence-corrected chi connectivity index (χ2v) is 12.8. The van der Waals surface area contributed by atoms with Crippen LogP contribution in [0.25, 0.3) is 10.8 Å². The number of benzene rings is 4. The number of nitrogens with zero attached hydrogens (tertiary/aromatic N) is 1. The molecule has 2 aliphatic heterocycles. The fraction of sp³-hybridized carbons (Fsp3) is 0.176. The molecular weight excluding hydrogens is 611 g/mol. The molecule has 9 nitrogen and oxygen atoms in total. The quantitative estimate of drug-likeness (QED) is 0.207. The summed E-state index contributed by atoms with van der Waals surface area (Å²) in [6.45, 7) is 1.92. The van der Waals surface area contributed by atoms with Gasteiger partial charge in [-0.1, -0.05) is 77.7 Å². The number of thiazole rings is 1. The Bertz CT molecular complexity index is 2010. The van der Waals surface area contributed by atoms with E-state index in [0.717, 1.165) is 22.1 Å². The topological polar surface area (TPSA) is 118 Å². The van der Waals surface area contributed by atoms with E-state index in [1.165, 1.54) is 16.7 Å². The fourth-order valence-corrected chi connectivity index (χ4v) is 8.44. The number of thioether (sulfide) groups is 1. The minimum atomic E-state index is -0.726. The van der Waals surface area contributed by atoms with Gasteiger partial charge in [-0.25, -0.2) is 4.90 Å². The average Bonchev–Trinajstić information content (AvgIpc) is 3.54. The fourth-order valence-electron chi connectivity index (χ4n) is 5.92. The van der Waals surface area contributed by atoms with Gasteiger partial charge in [-0.2, -0.15) is 0 Å². The van der Waals surface area contributed by atoms with E-state index >= 15 is 0 Å². The van der Waals surface area contributed by atoms with Crippen molar-refractivity contribution < 1.29 is 23.9 Å². The van der Waals surface area contributed by atoms with Gasteiger partial charge in [0, 0.05) is 16.5 Å². The van der Waals surface area contributed by atoms with Gasteiger partial charge in [-0.3, -0.25) is 19.2 Å². The molecule has 4 aromatic carbocycles. The van der Waals surface area contributed by atoms with Crippen LogP contribution < -0.4 is 24.6 Å². The molecule has 2 aliphatic rings. The molecule has 0 spiro atoms. The highest BCUT2D eigenvalue weighted by atomic mass is 32.2. The highest BCUT2D eigenvalue weighted by Gasteiger charge is 2.56. The van der Waals surface area contributed by atoms with E-state index in [2.05, 4.69) is 10.3 Å². The number of para-hydroxylation sites is 1. The molecule has 1 aromatic heterocycles. The van der Waals surface area contributed by atoms with E-state index in [1.807, 2.05) is 55.5 Å². The predicted octanol–water partition coefficient (Wildman–Crippen LogP) is 5.80. The molecule has 45 heavy (non-hydrogen) atoms. The van der Waals surface area contributed by atoms with Gasteiger partial charge in [0.25, 0.3) is 5.91 Å². The molecule has 3 unspecified atom stereocenters. The predicted molar refractivity (Wildman–Crippen MR) is 175 cm³/mol. The first-order chi connectivity index (χ1) is 21.9. The number of nitrogens with one attached hydrogen (secondary N) is 2. The summed E-state index contributed by atoms with van der Waals surface area (Å²) in [5.74, 6) is -1.50. The van der Waals surface area contributed by atoms with E-state index in [1.54, 1.807) is 42.5 Å². The normalized spacial score (nSPS) is 18.9. The van der Waals surface area contributed by atoms with Crippen LogP contribution in [-0.4, -0.2) is 41.2 Å². The summed E-state index contributed by atoms with van der Waals surface area (Å²) in [5.41, 5.74) is 1.88. The van der Waals surface area contributed by atoms with Gasteiger partial charge in [0.2, 0.25) is 11.8 Å². The Morgan fingerprint density at radius 1 is 0.867 bits per heavy atom. The molecule has 1 saturated heterocycles. The third kappa shape index (κ3) is 5.38. The molecule has 5 aromatic rings. The molecule has 2 N–H and O–H groups in total. The van der Waals surface area contributed by atoms with Crippen molar-refractivity contribution in [2.24, 2.45) is 5.92 Å². The summed E-state index contributed by atoms with van der Waals surface area (Å²) in [6, 6.07) is 27.7. The van der Waals surface area contributed by atoms with Gasteiger partial charge in [0.1, 0.15) is 5.25 Å². The van der Waals surface area contributed by atoms with E-state index in [4.69, 9.17) is 9.47 Å². The van der Waals surface area contributed by atoms with E-state index in [9.17, 15) is 19.2 Å². The Morgan fingerprint density at radius 2 is 1.64 bits per heavy atom. The van der Waals surface area contributed by atoms with Crippen LogP contribution in [0.5, 0.6) is 11.5 Å². The number of imide groups is 1. The van der Waals surface area contributed by atoms with E-state index < -0.39 is 17.1 Å². The number of fused-ring (bicyclic) bond motifs is 3. The van der Waals surface area contributed by atoms with Crippen LogP contribution >= 0.6 is 23.1 Å². The lowest BCUT2D eigenvalue weighted by molar-refractivity contribution is -0.122. The summed E-state index contributed by atoms with van der Waals surface area (Å²) in [7, 11) is 0. The lowest BCUT2D eigenvalue weighted by Crippen LogP contribution is -2.32. The molecule has 3 amide bonds. The lowest BCUT2D eigenvalue weighted by atomic mass is 9.83. The molecular formula is C34H27N3O6S2. The number of hydrogen-bond donors (Lipinski definition) is 2. The van der Waals surface area contributed by atoms with Crippen molar-refractivity contribution in [3.05, 3.63) is 111 Å². The van der Waals surface area contributed by atoms with Crippen LogP contribution in [0, 0.1) is 5.92 Å². The first-order valence-corrected chi connectivity index (χ1v) is 16.1. The third-order valence-electron chi connectivity index (χ3n) is 7.86. The first-order valence-electron chi connectivity index (χ1n) is 14.4. The number of amides is 3.